The van der Waals surface area contributed by atoms with Gasteiger partial charge in [0.2, 0.25) is 0 Å². The van der Waals surface area contributed by atoms with E-state index in [1.54, 1.807) is 0 Å². The van der Waals surface area contributed by atoms with Crippen LogP contribution in [0.2, 0.25) is 0 Å². The second-order valence-corrected chi connectivity index (χ2v) is 13.7. The second-order valence-electron chi connectivity index (χ2n) is 9.36. The molecule has 0 unspecified atom stereocenters. The average molecular weight is 570 g/mol. The van der Waals surface area contributed by atoms with Gasteiger partial charge in [-0.3, -0.25) is 0 Å². The zero-order chi connectivity index (χ0) is 26.7. The fraction of sp³-hybridized carbons (Fsp3) is 1.00. The average Bonchev–Trinajstić information content (AvgIpc) is 2.61. The normalized spacial score (nSPS) is 14.2. The molecular formula is C24H56N2O6Ru. The van der Waals surface area contributed by atoms with Crippen LogP contribution in [0.4, 0.5) is 0 Å². The summed E-state index contributed by atoms with van der Waals surface area (Å²) in [6.07, 6.45) is 10.7. The van der Waals surface area contributed by atoms with Crippen molar-refractivity contribution in [3.05, 3.63) is 0 Å². The van der Waals surface area contributed by atoms with Gasteiger partial charge < -0.3 is 8.97 Å². The van der Waals surface area contributed by atoms with Crippen molar-refractivity contribution in [2.45, 2.75) is 107 Å². The van der Waals surface area contributed by atoms with Gasteiger partial charge in [-0.25, -0.2) is 0 Å². The van der Waals surface area contributed by atoms with E-state index in [0.29, 0.717) is 0 Å². The summed E-state index contributed by atoms with van der Waals surface area (Å²) in [6, 6.07) is 0. The second kappa shape index (κ2) is 16.4. The maximum atomic E-state index is 8.65. The summed E-state index contributed by atoms with van der Waals surface area (Å²) in [5, 5.41) is 0. The Morgan fingerprint density at radius 2 is 0.485 bits per heavy atom. The minimum atomic E-state index is -9.55. The molecule has 33 heavy (non-hydrogen) atoms. The molecule has 9 heteroatoms. The molecule has 0 atom stereocenters. The standard InChI is InChI=1S/2C12H28N.6O.Ru/c2*1-5-9-13(10-6-2,11-7-3)12-8-4;;;;;;;/h2*5-12H2,1-4H3;;;;;;;/q2*+1;;;;;2*-1;. The number of nitrogens with zero attached hydrogens (tertiary/aromatic N) is 2. The van der Waals surface area contributed by atoms with E-state index in [4.69, 9.17) is 22.2 Å². The summed E-state index contributed by atoms with van der Waals surface area (Å²) in [5.41, 5.74) is 0. The van der Waals surface area contributed by atoms with Gasteiger partial charge in [-0.15, -0.1) is 0 Å². The van der Waals surface area contributed by atoms with Crippen molar-refractivity contribution >= 4 is 0 Å². The summed E-state index contributed by atoms with van der Waals surface area (Å²) in [4.78, 5) is 0. The Bertz CT molecular complexity index is 670. The zero-order valence-corrected chi connectivity index (χ0v) is 24.7. The van der Waals surface area contributed by atoms with Crippen molar-refractivity contribution in [2.24, 2.45) is 0 Å². The van der Waals surface area contributed by atoms with Gasteiger partial charge in [-0.1, -0.05) is 55.4 Å². The van der Waals surface area contributed by atoms with E-state index >= 15 is 0 Å². The van der Waals surface area contributed by atoms with Crippen LogP contribution >= 0.6 is 0 Å². The van der Waals surface area contributed by atoms with Crippen LogP contribution in [-0.2, 0) is 27.2 Å². The topological polar surface area (TPSA) is 114 Å². The molecule has 0 aliphatic carbocycles. The number of hydrogen-bond donors (Lipinski definition) is 0. The Balaban J connectivity index is -0.000000429. The molecule has 0 aliphatic rings. The van der Waals surface area contributed by atoms with Crippen LogP contribution in [0, 0.1) is 0 Å². The first-order valence-corrected chi connectivity index (χ1v) is 17.3. The fourth-order valence-electron chi connectivity index (χ4n) is 5.14. The molecule has 0 bridgehead atoms. The molecule has 0 heterocycles. The van der Waals surface area contributed by atoms with Gasteiger partial charge in [0, 0.05) is 0 Å². The fourth-order valence-corrected chi connectivity index (χ4v) is 5.14. The molecule has 0 N–H and O–H groups in total. The minimum absolute atomic E-state index is 1.33. The van der Waals surface area contributed by atoms with Crippen LogP contribution in [0.3, 0.4) is 0 Å². The first-order valence-electron chi connectivity index (χ1n) is 13.1. The summed E-state index contributed by atoms with van der Waals surface area (Å²) in [5.74, 6) is 0. The summed E-state index contributed by atoms with van der Waals surface area (Å²) in [6.45, 7) is 29.6. The number of hydrogen-bond acceptors (Lipinski definition) is 6. The third-order valence-corrected chi connectivity index (χ3v) is 5.58. The molecular weight excluding hydrogens is 513 g/mol. The van der Waals surface area contributed by atoms with E-state index < -0.39 is 12.9 Å². The van der Waals surface area contributed by atoms with E-state index in [2.05, 4.69) is 55.4 Å². The first-order chi connectivity index (χ1) is 14.9. The Labute approximate surface area is 203 Å². The van der Waals surface area contributed by atoms with Crippen molar-refractivity contribution in [1.82, 2.24) is 0 Å². The van der Waals surface area contributed by atoms with E-state index in [1.165, 1.54) is 113 Å². The van der Waals surface area contributed by atoms with Gasteiger partial charge in [-0.05, 0) is 51.4 Å². The number of quaternary nitrogens is 2. The molecule has 0 aromatic carbocycles. The van der Waals surface area contributed by atoms with E-state index in [0.717, 1.165) is 0 Å². The molecule has 8 nitrogen and oxygen atoms in total. The van der Waals surface area contributed by atoms with Crippen molar-refractivity contribution in [2.75, 3.05) is 52.4 Å². The molecule has 0 spiro atoms. The quantitative estimate of drug-likeness (QED) is 0.205. The van der Waals surface area contributed by atoms with Crippen molar-refractivity contribution in [3.63, 3.8) is 0 Å². The van der Waals surface area contributed by atoms with E-state index in [1.807, 2.05) is 0 Å². The van der Waals surface area contributed by atoms with E-state index in [-0.39, 0.29) is 0 Å². The Morgan fingerprint density at radius 1 is 0.394 bits per heavy atom. The summed E-state index contributed by atoms with van der Waals surface area (Å²) < 4.78 is 54.7. The molecule has 0 aromatic heterocycles. The number of rotatable bonds is 16. The van der Waals surface area contributed by atoms with Crippen LogP contribution in [0.15, 0.2) is 0 Å². The monoisotopic (exact) mass is 570 g/mol. The predicted octanol–water partition coefficient (Wildman–Crippen LogP) is 4.03. The van der Waals surface area contributed by atoms with Crippen LogP contribution < -0.4 is 7.87 Å². The van der Waals surface area contributed by atoms with Crippen LogP contribution in [-0.4, -0.2) is 61.3 Å². The molecule has 0 saturated heterocycles. The Hall–Kier alpha value is -0.337. The molecule has 0 aromatic rings. The van der Waals surface area contributed by atoms with Crippen LogP contribution in [0.25, 0.3) is 0 Å². The molecule has 206 valence electrons. The molecule has 0 radical (unpaired) electrons. The Kier molecular flexibility index (Phi) is 18.4. The molecule has 0 fully saturated rings. The van der Waals surface area contributed by atoms with E-state index in [9.17, 15) is 0 Å². The first kappa shape index (κ1) is 37.2. The van der Waals surface area contributed by atoms with Crippen LogP contribution in [0.5, 0.6) is 0 Å². The van der Waals surface area contributed by atoms with Crippen molar-refractivity contribution < 1.29 is 44.1 Å². The zero-order valence-electron chi connectivity index (χ0n) is 23.0. The third-order valence-electron chi connectivity index (χ3n) is 5.58. The maximum absolute atomic E-state index is 9.55. The van der Waals surface area contributed by atoms with Crippen molar-refractivity contribution in [1.29, 1.82) is 0 Å². The summed E-state index contributed by atoms with van der Waals surface area (Å²) in [7, 11) is 0. The van der Waals surface area contributed by atoms with Gasteiger partial charge in [0.05, 0.1) is 52.4 Å². The Morgan fingerprint density at radius 3 is 0.545 bits per heavy atom. The molecule has 0 saturated carbocycles. The molecule has 0 amide bonds. The van der Waals surface area contributed by atoms with Crippen LogP contribution in [0.1, 0.15) is 107 Å². The summed E-state index contributed by atoms with van der Waals surface area (Å²) >= 11 is -9.55. The van der Waals surface area contributed by atoms with Gasteiger partial charge in [0.1, 0.15) is 0 Å². The van der Waals surface area contributed by atoms with Gasteiger partial charge in [-0.2, -0.15) is 0 Å². The van der Waals surface area contributed by atoms with Gasteiger partial charge >= 0.3 is 35.1 Å². The van der Waals surface area contributed by atoms with Gasteiger partial charge in [0.15, 0.2) is 0 Å². The SMILES string of the molecule is CCC[N+](CCC)(CCC)CCC.CCC[N+](CCC)(CCC)CCC.[O]=[Ru](=[O])(=[O])(=[O])([O-])[O-]. The predicted molar refractivity (Wildman–Crippen MR) is 125 cm³/mol. The molecule has 0 aliphatic heterocycles. The molecule has 0 rings (SSSR count). The van der Waals surface area contributed by atoms with Gasteiger partial charge in [0.25, 0.3) is 0 Å². The van der Waals surface area contributed by atoms with Crippen molar-refractivity contribution in [3.8, 4) is 0 Å². The third kappa shape index (κ3) is 27.8.